The normalized spacial score (nSPS) is 21.2. The predicted octanol–water partition coefficient (Wildman–Crippen LogP) is 1.37. The fourth-order valence-electron chi connectivity index (χ4n) is 2.77. The van der Waals surface area contributed by atoms with Gasteiger partial charge in [-0.3, -0.25) is 9.69 Å². The first kappa shape index (κ1) is 16.9. The van der Waals surface area contributed by atoms with E-state index in [1.54, 1.807) is 11.9 Å². The Bertz CT molecular complexity index is 341. The third-order valence-electron chi connectivity index (χ3n) is 4.12. The number of hydrogen-bond donors (Lipinski definition) is 1. The van der Waals surface area contributed by atoms with Crippen LogP contribution in [0, 0.1) is 11.3 Å². The fourth-order valence-corrected chi connectivity index (χ4v) is 2.77. The number of likely N-dealkylation sites (tertiary alicyclic amines) is 1. The second kappa shape index (κ2) is 8.93. The number of nitrogens with zero attached hydrogens (tertiary/aromatic N) is 3. The van der Waals surface area contributed by atoms with Gasteiger partial charge in [0.25, 0.3) is 0 Å². The fraction of sp³-hybridized carbons (Fsp3) is 0.867. The molecular formula is C15H27N3O2. The number of carbonyl (C=O) groups excluding carboxylic acids is 1. The van der Waals surface area contributed by atoms with Crippen LogP contribution >= 0.6 is 0 Å². The number of aliphatic hydroxyl groups excluding tert-OH is 1. The SMILES string of the molecule is CCC(O)C1CCCCN1CCC(=O)N(C)CCC#N. The zero-order valence-electron chi connectivity index (χ0n) is 12.7. The van der Waals surface area contributed by atoms with Crippen LogP contribution in [0.25, 0.3) is 0 Å². The van der Waals surface area contributed by atoms with Crippen molar-refractivity contribution < 1.29 is 9.90 Å². The molecule has 0 radical (unpaired) electrons. The summed E-state index contributed by atoms with van der Waals surface area (Å²) >= 11 is 0. The van der Waals surface area contributed by atoms with E-state index in [9.17, 15) is 9.90 Å². The molecule has 2 atom stereocenters. The molecule has 1 saturated heterocycles. The Morgan fingerprint density at radius 2 is 2.30 bits per heavy atom. The summed E-state index contributed by atoms with van der Waals surface area (Å²) in [6.45, 7) is 4.17. The van der Waals surface area contributed by atoms with E-state index >= 15 is 0 Å². The van der Waals surface area contributed by atoms with Crippen LogP contribution in [-0.2, 0) is 4.79 Å². The summed E-state index contributed by atoms with van der Waals surface area (Å²) in [5.74, 6) is 0.0792. The molecule has 0 aromatic rings. The Kier molecular flexibility index (Phi) is 7.56. The number of hydrogen-bond acceptors (Lipinski definition) is 4. The molecule has 0 aliphatic carbocycles. The van der Waals surface area contributed by atoms with Crippen LogP contribution in [-0.4, -0.2) is 59.6 Å². The van der Waals surface area contributed by atoms with Crippen LogP contribution < -0.4 is 0 Å². The Morgan fingerprint density at radius 1 is 1.55 bits per heavy atom. The molecule has 0 aromatic carbocycles. The Balaban J connectivity index is 2.41. The smallest absolute Gasteiger partial charge is 0.223 e. The molecule has 2 unspecified atom stereocenters. The van der Waals surface area contributed by atoms with Crippen molar-refractivity contribution in [3.8, 4) is 6.07 Å². The number of carbonyl (C=O) groups is 1. The summed E-state index contributed by atoms with van der Waals surface area (Å²) in [4.78, 5) is 15.8. The lowest BCUT2D eigenvalue weighted by Crippen LogP contribution is -2.47. The molecule has 1 amide bonds. The molecule has 0 bridgehead atoms. The minimum absolute atomic E-state index is 0.0792. The maximum absolute atomic E-state index is 12.0. The highest BCUT2D eigenvalue weighted by molar-refractivity contribution is 5.76. The van der Waals surface area contributed by atoms with E-state index in [2.05, 4.69) is 11.0 Å². The minimum Gasteiger partial charge on any atom is -0.392 e. The number of amides is 1. The lowest BCUT2D eigenvalue weighted by molar-refractivity contribution is -0.130. The first-order valence-electron chi connectivity index (χ1n) is 7.63. The molecule has 1 aliphatic rings. The Hall–Kier alpha value is -1.12. The molecule has 1 fully saturated rings. The van der Waals surface area contributed by atoms with Gasteiger partial charge >= 0.3 is 0 Å². The van der Waals surface area contributed by atoms with Gasteiger partial charge in [-0.1, -0.05) is 13.3 Å². The Labute approximate surface area is 122 Å². The van der Waals surface area contributed by atoms with Crippen molar-refractivity contribution in [2.24, 2.45) is 0 Å². The number of nitriles is 1. The highest BCUT2D eigenvalue weighted by atomic mass is 16.3. The standard InChI is InChI=1S/C15H27N3O2/c1-3-14(19)13-7-4-5-11-18(13)12-8-15(20)17(2)10-6-9-16/h13-14,19H,3-8,10-12H2,1-2H3. The largest absolute Gasteiger partial charge is 0.392 e. The topological polar surface area (TPSA) is 67.6 Å². The Morgan fingerprint density at radius 3 is 2.95 bits per heavy atom. The van der Waals surface area contributed by atoms with E-state index in [0.717, 1.165) is 32.2 Å². The first-order valence-corrected chi connectivity index (χ1v) is 7.63. The van der Waals surface area contributed by atoms with Gasteiger partial charge in [0.15, 0.2) is 0 Å². The molecule has 1 rings (SSSR count). The molecule has 1 heterocycles. The molecule has 0 saturated carbocycles. The van der Waals surface area contributed by atoms with E-state index in [0.29, 0.717) is 25.9 Å². The van der Waals surface area contributed by atoms with Crippen LogP contribution in [0.15, 0.2) is 0 Å². The zero-order valence-corrected chi connectivity index (χ0v) is 12.7. The lowest BCUT2D eigenvalue weighted by Gasteiger charge is -2.38. The highest BCUT2D eigenvalue weighted by Crippen LogP contribution is 2.21. The van der Waals surface area contributed by atoms with Crippen LogP contribution in [0.2, 0.25) is 0 Å². The summed E-state index contributed by atoms with van der Waals surface area (Å²) in [5, 5.41) is 18.6. The van der Waals surface area contributed by atoms with Gasteiger partial charge in [-0.2, -0.15) is 5.26 Å². The van der Waals surface area contributed by atoms with E-state index in [1.807, 2.05) is 6.92 Å². The third-order valence-corrected chi connectivity index (χ3v) is 4.12. The van der Waals surface area contributed by atoms with Gasteiger partial charge < -0.3 is 10.0 Å². The second-order valence-corrected chi connectivity index (χ2v) is 5.55. The maximum atomic E-state index is 12.0. The molecule has 0 spiro atoms. The molecule has 114 valence electrons. The average molecular weight is 281 g/mol. The summed E-state index contributed by atoms with van der Waals surface area (Å²) in [6, 6.07) is 2.25. The van der Waals surface area contributed by atoms with Gasteiger partial charge in [-0.05, 0) is 25.8 Å². The number of piperidine rings is 1. The molecule has 5 nitrogen and oxygen atoms in total. The van der Waals surface area contributed by atoms with Crippen LogP contribution in [0.1, 0.15) is 45.4 Å². The van der Waals surface area contributed by atoms with E-state index < -0.39 is 0 Å². The monoisotopic (exact) mass is 281 g/mol. The van der Waals surface area contributed by atoms with Crippen LogP contribution in [0.4, 0.5) is 0 Å². The summed E-state index contributed by atoms with van der Waals surface area (Å²) < 4.78 is 0. The minimum atomic E-state index is -0.290. The molecule has 1 aliphatic heterocycles. The molecule has 20 heavy (non-hydrogen) atoms. The molecule has 5 heteroatoms. The van der Waals surface area contributed by atoms with Gasteiger partial charge in [0.2, 0.25) is 5.91 Å². The van der Waals surface area contributed by atoms with Crippen molar-refractivity contribution in [2.45, 2.75) is 57.6 Å². The second-order valence-electron chi connectivity index (χ2n) is 5.55. The van der Waals surface area contributed by atoms with E-state index in [-0.39, 0.29) is 18.1 Å². The summed E-state index contributed by atoms with van der Waals surface area (Å²) in [7, 11) is 1.74. The quantitative estimate of drug-likeness (QED) is 0.765. The maximum Gasteiger partial charge on any atom is 0.223 e. The highest BCUT2D eigenvalue weighted by Gasteiger charge is 2.27. The van der Waals surface area contributed by atoms with Crippen LogP contribution in [0.3, 0.4) is 0 Å². The van der Waals surface area contributed by atoms with E-state index in [4.69, 9.17) is 5.26 Å². The number of aliphatic hydroxyl groups is 1. The average Bonchev–Trinajstić information content (AvgIpc) is 2.49. The van der Waals surface area contributed by atoms with Crippen molar-refractivity contribution in [1.82, 2.24) is 9.80 Å². The molecular weight excluding hydrogens is 254 g/mol. The van der Waals surface area contributed by atoms with Gasteiger partial charge in [0.1, 0.15) is 0 Å². The van der Waals surface area contributed by atoms with Gasteiger partial charge in [0.05, 0.1) is 18.6 Å². The zero-order chi connectivity index (χ0) is 15.0. The lowest BCUT2D eigenvalue weighted by atomic mass is 9.95. The van der Waals surface area contributed by atoms with Crippen molar-refractivity contribution in [3.05, 3.63) is 0 Å². The third kappa shape index (κ3) is 5.10. The predicted molar refractivity (Wildman–Crippen MR) is 78.0 cm³/mol. The summed E-state index contributed by atoms with van der Waals surface area (Å²) in [5.41, 5.74) is 0. The van der Waals surface area contributed by atoms with Crippen molar-refractivity contribution >= 4 is 5.91 Å². The van der Waals surface area contributed by atoms with Gasteiger partial charge in [-0.15, -0.1) is 0 Å². The van der Waals surface area contributed by atoms with Crippen molar-refractivity contribution in [3.63, 3.8) is 0 Å². The van der Waals surface area contributed by atoms with E-state index in [1.165, 1.54) is 0 Å². The molecule has 0 aromatic heterocycles. The summed E-state index contributed by atoms with van der Waals surface area (Å²) in [6.07, 6.45) is 4.64. The van der Waals surface area contributed by atoms with Gasteiger partial charge in [0, 0.05) is 32.6 Å². The van der Waals surface area contributed by atoms with Gasteiger partial charge in [-0.25, -0.2) is 0 Å². The van der Waals surface area contributed by atoms with Crippen molar-refractivity contribution in [2.75, 3.05) is 26.7 Å². The van der Waals surface area contributed by atoms with Crippen LogP contribution in [0.5, 0.6) is 0 Å². The van der Waals surface area contributed by atoms with Crippen molar-refractivity contribution in [1.29, 1.82) is 5.26 Å². The molecule has 1 N–H and O–H groups in total. The number of rotatable bonds is 7. The first-order chi connectivity index (χ1) is 9.60.